The van der Waals surface area contributed by atoms with E-state index in [0.717, 1.165) is 0 Å². The molecule has 0 saturated heterocycles. The van der Waals surface area contributed by atoms with Gasteiger partial charge < -0.3 is 0 Å². The Kier molecular flexibility index (Phi) is 3.26. The second-order valence-corrected chi connectivity index (χ2v) is 3.39. The highest BCUT2D eigenvalue weighted by Gasteiger charge is 2.03. The van der Waals surface area contributed by atoms with E-state index in [1.54, 1.807) is 13.1 Å². The fourth-order valence-corrected chi connectivity index (χ4v) is 0.448. The van der Waals surface area contributed by atoms with E-state index in [1.807, 2.05) is 20.8 Å². The lowest BCUT2D eigenvalue weighted by Crippen LogP contribution is -2.09. The number of aliphatic imine (C=N–C) groups is 1. The molecule has 2 heteroatoms. The molecule has 0 saturated carbocycles. The smallest absolute Gasteiger partial charge is 0.135 e. The van der Waals surface area contributed by atoms with Gasteiger partial charge in [0, 0.05) is 12.6 Å². The minimum Gasteiger partial charge on any atom is -0.300 e. The van der Waals surface area contributed by atoms with Crippen molar-refractivity contribution in [1.82, 2.24) is 0 Å². The van der Waals surface area contributed by atoms with E-state index < -0.39 is 0 Å². The van der Waals surface area contributed by atoms with Crippen LogP contribution in [0, 0.1) is 0 Å². The van der Waals surface area contributed by atoms with Gasteiger partial charge in [0.05, 0.1) is 5.54 Å². The summed E-state index contributed by atoms with van der Waals surface area (Å²) < 4.78 is 0. The van der Waals surface area contributed by atoms with Crippen molar-refractivity contribution in [3.05, 3.63) is 0 Å². The van der Waals surface area contributed by atoms with Crippen molar-refractivity contribution in [3.63, 3.8) is 0 Å². The number of carbonyl (C=O) groups is 1. The lowest BCUT2D eigenvalue weighted by molar-refractivity contribution is -0.115. The van der Waals surface area contributed by atoms with Gasteiger partial charge in [0.1, 0.15) is 5.78 Å². The first-order chi connectivity index (χ1) is 4.42. The van der Waals surface area contributed by atoms with Gasteiger partial charge in [-0.1, -0.05) is 0 Å². The summed E-state index contributed by atoms with van der Waals surface area (Å²) in [4.78, 5) is 14.6. The molecule has 0 rings (SSSR count). The van der Waals surface area contributed by atoms with Crippen LogP contribution in [0.3, 0.4) is 0 Å². The predicted octanol–water partition coefficient (Wildman–Crippen LogP) is 1.83. The molecule has 0 unspecified atom stereocenters. The Morgan fingerprint density at radius 2 is 2.00 bits per heavy atom. The lowest BCUT2D eigenvalue weighted by Gasteiger charge is -2.09. The number of ketones is 1. The van der Waals surface area contributed by atoms with Gasteiger partial charge in [0.15, 0.2) is 0 Å². The highest BCUT2D eigenvalue weighted by Crippen LogP contribution is 2.04. The molecule has 0 radical (unpaired) electrons. The molecule has 58 valence electrons. The first-order valence-corrected chi connectivity index (χ1v) is 3.45. The third-order valence-electron chi connectivity index (χ3n) is 0.857. The fourth-order valence-electron chi connectivity index (χ4n) is 0.448. The Hall–Kier alpha value is -0.660. The molecule has 0 aromatic heterocycles. The quantitative estimate of drug-likeness (QED) is 0.539. The van der Waals surface area contributed by atoms with Gasteiger partial charge in [-0.25, -0.2) is 0 Å². The normalized spacial score (nSPS) is 12.4. The zero-order chi connectivity index (χ0) is 8.20. The second kappa shape index (κ2) is 3.49. The minimum atomic E-state index is -0.0462. The number of carbonyl (C=O) groups excluding carboxylic acids is 1. The van der Waals surface area contributed by atoms with Gasteiger partial charge in [0.2, 0.25) is 0 Å². The van der Waals surface area contributed by atoms with Gasteiger partial charge in [-0.2, -0.15) is 0 Å². The van der Waals surface area contributed by atoms with Crippen LogP contribution < -0.4 is 0 Å². The highest BCUT2D eigenvalue weighted by atomic mass is 16.1. The molecule has 0 atom stereocenters. The van der Waals surface area contributed by atoms with Crippen molar-refractivity contribution in [2.45, 2.75) is 39.7 Å². The van der Waals surface area contributed by atoms with Gasteiger partial charge in [-0.15, -0.1) is 0 Å². The number of hydrogen-bond donors (Lipinski definition) is 0. The topological polar surface area (TPSA) is 29.4 Å². The Morgan fingerprint density at radius 3 is 2.30 bits per heavy atom. The first-order valence-electron chi connectivity index (χ1n) is 3.45. The van der Waals surface area contributed by atoms with Crippen LogP contribution in [0.25, 0.3) is 0 Å². The highest BCUT2D eigenvalue weighted by molar-refractivity contribution is 5.89. The van der Waals surface area contributed by atoms with Gasteiger partial charge in [0.25, 0.3) is 0 Å². The van der Waals surface area contributed by atoms with E-state index in [4.69, 9.17) is 0 Å². The number of nitrogens with zero attached hydrogens (tertiary/aromatic N) is 1. The maximum Gasteiger partial charge on any atom is 0.135 e. The molecule has 0 amide bonds. The predicted molar refractivity (Wildman–Crippen MR) is 43.5 cm³/mol. The molecule has 0 heterocycles. The van der Waals surface area contributed by atoms with Crippen molar-refractivity contribution in [3.8, 4) is 0 Å². The second-order valence-electron chi connectivity index (χ2n) is 3.39. The van der Waals surface area contributed by atoms with E-state index in [-0.39, 0.29) is 11.3 Å². The zero-order valence-electron chi connectivity index (χ0n) is 7.14. The Morgan fingerprint density at radius 1 is 1.50 bits per heavy atom. The van der Waals surface area contributed by atoms with Crippen molar-refractivity contribution in [1.29, 1.82) is 0 Å². The molecule has 0 aliphatic rings. The van der Waals surface area contributed by atoms with Crippen LogP contribution in [0.5, 0.6) is 0 Å². The van der Waals surface area contributed by atoms with Gasteiger partial charge >= 0.3 is 0 Å². The van der Waals surface area contributed by atoms with E-state index >= 15 is 0 Å². The van der Waals surface area contributed by atoms with E-state index in [9.17, 15) is 4.79 Å². The summed E-state index contributed by atoms with van der Waals surface area (Å²) in [6.07, 6.45) is 2.14. The van der Waals surface area contributed by atoms with Crippen molar-refractivity contribution in [2.75, 3.05) is 0 Å². The van der Waals surface area contributed by atoms with E-state index in [0.29, 0.717) is 6.42 Å². The molecule has 10 heavy (non-hydrogen) atoms. The van der Waals surface area contributed by atoms with Gasteiger partial charge in [-0.05, 0) is 27.7 Å². The van der Waals surface area contributed by atoms with Crippen molar-refractivity contribution < 1.29 is 4.79 Å². The molecule has 0 aliphatic carbocycles. The van der Waals surface area contributed by atoms with Crippen LogP contribution in [0.15, 0.2) is 4.99 Å². The summed E-state index contributed by atoms with van der Waals surface area (Å²) in [5.41, 5.74) is -0.0462. The molecule has 0 aromatic rings. The van der Waals surface area contributed by atoms with Crippen molar-refractivity contribution >= 4 is 12.0 Å². The molecule has 0 N–H and O–H groups in total. The van der Waals surface area contributed by atoms with Crippen LogP contribution in [-0.4, -0.2) is 17.5 Å². The average molecular weight is 141 g/mol. The molecule has 0 spiro atoms. The SMILES string of the molecule is CC(=O)CC=NC(C)(C)C. The van der Waals surface area contributed by atoms with E-state index in [2.05, 4.69) is 4.99 Å². The summed E-state index contributed by atoms with van der Waals surface area (Å²) in [6.45, 7) is 7.57. The molecule has 0 aliphatic heterocycles. The van der Waals surface area contributed by atoms with E-state index in [1.165, 1.54) is 0 Å². The summed E-state index contributed by atoms with van der Waals surface area (Å²) >= 11 is 0. The van der Waals surface area contributed by atoms with Crippen LogP contribution in [0.1, 0.15) is 34.1 Å². The molecule has 0 fully saturated rings. The third-order valence-corrected chi connectivity index (χ3v) is 0.857. The number of Topliss-reactive ketones (excluding diaryl/α,β-unsaturated/α-hetero) is 1. The van der Waals surface area contributed by atoms with Crippen LogP contribution in [-0.2, 0) is 4.79 Å². The lowest BCUT2D eigenvalue weighted by atomic mass is 10.1. The number of hydrogen-bond acceptors (Lipinski definition) is 2. The Bertz CT molecular complexity index is 142. The molecule has 0 bridgehead atoms. The average Bonchev–Trinajstić information content (AvgIpc) is 1.59. The number of rotatable bonds is 2. The summed E-state index contributed by atoms with van der Waals surface area (Å²) in [5, 5.41) is 0. The standard InChI is InChI=1S/C8H15NO/c1-7(10)5-6-9-8(2,3)4/h6H,5H2,1-4H3. The zero-order valence-corrected chi connectivity index (χ0v) is 7.14. The maximum atomic E-state index is 10.4. The maximum absolute atomic E-state index is 10.4. The molecule has 2 nitrogen and oxygen atoms in total. The Labute approximate surface area is 62.4 Å². The fraction of sp³-hybridized carbons (Fsp3) is 0.750. The third kappa shape index (κ3) is 7.34. The van der Waals surface area contributed by atoms with Crippen LogP contribution in [0.4, 0.5) is 0 Å². The van der Waals surface area contributed by atoms with Crippen LogP contribution in [0.2, 0.25) is 0 Å². The Balaban J connectivity index is 3.67. The van der Waals surface area contributed by atoms with Gasteiger partial charge in [-0.3, -0.25) is 9.79 Å². The summed E-state index contributed by atoms with van der Waals surface area (Å²) in [6, 6.07) is 0. The first kappa shape index (κ1) is 9.34. The minimum absolute atomic E-state index is 0.0462. The molecular weight excluding hydrogens is 126 g/mol. The largest absolute Gasteiger partial charge is 0.300 e. The molecular formula is C8H15NO. The summed E-state index contributed by atoms with van der Waals surface area (Å²) in [7, 11) is 0. The molecule has 0 aromatic carbocycles. The summed E-state index contributed by atoms with van der Waals surface area (Å²) in [5.74, 6) is 0.160. The monoisotopic (exact) mass is 141 g/mol. The van der Waals surface area contributed by atoms with Crippen molar-refractivity contribution in [2.24, 2.45) is 4.99 Å². The van der Waals surface area contributed by atoms with Crippen LogP contribution >= 0.6 is 0 Å².